The summed E-state index contributed by atoms with van der Waals surface area (Å²) in [6, 6.07) is 8.01. The molecule has 5 heteroatoms. The summed E-state index contributed by atoms with van der Waals surface area (Å²) in [7, 11) is 0. The molecule has 1 aromatic carbocycles. The van der Waals surface area contributed by atoms with Gasteiger partial charge in [-0.05, 0) is 29.6 Å². The Labute approximate surface area is 126 Å². The van der Waals surface area contributed by atoms with Crippen molar-refractivity contribution >= 4 is 17.2 Å². The van der Waals surface area contributed by atoms with Crippen LogP contribution in [0.15, 0.2) is 35.7 Å². The highest BCUT2D eigenvalue weighted by Gasteiger charge is 2.08. The van der Waals surface area contributed by atoms with Gasteiger partial charge in [-0.1, -0.05) is 17.9 Å². The summed E-state index contributed by atoms with van der Waals surface area (Å²) in [6.07, 6.45) is 0.294. The number of benzene rings is 1. The van der Waals surface area contributed by atoms with Crippen molar-refractivity contribution in [3.05, 3.63) is 57.5 Å². The molecule has 0 radical (unpaired) electrons. The van der Waals surface area contributed by atoms with Crippen LogP contribution in [-0.4, -0.2) is 17.6 Å². The van der Waals surface area contributed by atoms with E-state index in [4.69, 9.17) is 5.11 Å². The monoisotopic (exact) mass is 303 g/mol. The molecule has 0 spiro atoms. The van der Waals surface area contributed by atoms with E-state index in [-0.39, 0.29) is 23.6 Å². The van der Waals surface area contributed by atoms with Crippen molar-refractivity contribution in [2.45, 2.75) is 13.0 Å². The second-order valence-electron chi connectivity index (χ2n) is 4.23. The molecule has 108 valence electrons. The van der Waals surface area contributed by atoms with E-state index < -0.39 is 5.82 Å². The maximum atomic E-state index is 13.8. The predicted molar refractivity (Wildman–Crippen MR) is 80.5 cm³/mol. The van der Waals surface area contributed by atoms with Crippen LogP contribution in [0.25, 0.3) is 0 Å². The number of aliphatic hydroxyl groups excluding tert-OH is 1. The summed E-state index contributed by atoms with van der Waals surface area (Å²) in [6.45, 7) is 0.369. The van der Waals surface area contributed by atoms with Crippen LogP contribution >= 0.6 is 11.3 Å². The summed E-state index contributed by atoms with van der Waals surface area (Å²) >= 11 is 1.55. The van der Waals surface area contributed by atoms with Gasteiger partial charge in [0.15, 0.2) is 0 Å². The molecule has 21 heavy (non-hydrogen) atoms. The van der Waals surface area contributed by atoms with Gasteiger partial charge in [-0.3, -0.25) is 4.79 Å². The number of aliphatic hydroxyl groups is 1. The quantitative estimate of drug-likeness (QED) is 0.853. The van der Waals surface area contributed by atoms with Gasteiger partial charge in [-0.2, -0.15) is 0 Å². The molecule has 2 N–H and O–H groups in total. The summed E-state index contributed by atoms with van der Waals surface area (Å²) in [5.41, 5.74) is 0.482. The molecule has 3 nitrogen and oxygen atoms in total. The Bertz CT molecular complexity index is 671. The zero-order chi connectivity index (χ0) is 15.1. The lowest BCUT2D eigenvalue weighted by atomic mass is 10.1. The second-order valence-corrected chi connectivity index (χ2v) is 5.26. The van der Waals surface area contributed by atoms with Gasteiger partial charge in [0.25, 0.3) is 5.91 Å². The number of nitrogens with one attached hydrogen (secondary N) is 1. The number of hydrogen-bond acceptors (Lipinski definition) is 3. The van der Waals surface area contributed by atoms with E-state index in [0.29, 0.717) is 13.0 Å². The number of rotatable bonds is 4. The highest BCUT2D eigenvalue weighted by Crippen LogP contribution is 2.11. The lowest BCUT2D eigenvalue weighted by molar-refractivity contribution is 0.0951. The van der Waals surface area contributed by atoms with E-state index in [9.17, 15) is 9.18 Å². The lowest BCUT2D eigenvalue weighted by Crippen LogP contribution is -2.22. The molecule has 2 rings (SSSR count). The SMILES string of the molecule is O=C(NCc1cccs1)c1ccc(C#CCCO)c(F)c1. The van der Waals surface area contributed by atoms with Crippen molar-refractivity contribution < 1.29 is 14.3 Å². The fourth-order valence-corrected chi connectivity index (χ4v) is 2.30. The van der Waals surface area contributed by atoms with Gasteiger partial charge in [0.1, 0.15) is 5.82 Å². The molecule has 0 bridgehead atoms. The van der Waals surface area contributed by atoms with Gasteiger partial charge in [0, 0.05) is 16.9 Å². The minimum atomic E-state index is -0.538. The Morgan fingerprint density at radius 3 is 2.90 bits per heavy atom. The first-order chi connectivity index (χ1) is 10.2. The molecular weight excluding hydrogens is 289 g/mol. The fourth-order valence-electron chi connectivity index (χ4n) is 1.65. The number of carbonyl (C=O) groups excluding carboxylic acids is 1. The van der Waals surface area contributed by atoms with Crippen LogP contribution in [0.3, 0.4) is 0 Å². The van der Waals surface area contributed by atoms with Crippen molar-refractivity contribution in [2.75, 3.05) is 6.61 Å². The van der Waals surface area contributed by atoms with Crippen molar-refractivity contribution in [1.82, 2.24) is 5.32 Å². The zero-order valence-corrected chi connectivity index (χ0v) is 12.0. The Kier molecular flexibility index (Phi) is 5.50. The molecule has 0 aliphatic rings. The number of hydrogen-bond donors (Lipinski definition) is 2. The summed E-state index contributed by atoms with van der Waals surface area (Å²) in [5, 5.41) is 13.3. The van der Waals surface area contributed by atoms with E-state index in [1.165, 1.54) is 18.2 Å². The van der Waals surface area contributed by atoms with Crippen molar-refractivity contribution in [2.24, 2.45) is 0 Å². The number of thiophene rings is 1. The van der Waals surface area contributed by atoms with Crippen LogP contribution in [0.5, 0.6) is 0 Å². The third-order valence-electron chi connectivity index (χ3n) is 2.69. The minimum absolute atomic E-state index is 0.0577. The van der Waals surface area contributed by atoms with Crippen molar-refractivity contribution in [1.29, 1.82) is 0 Å². The minimum Gasteiger partial charge on any atom is -0.395 e. The first-order valence-corrected chi connectivity index (χ1v) is 7.28. The summed E-state index contributed by atoms with van der Waals surface area (Å²) < 4.78 is 13.8. The highest BCUT2D eigenvalue weighted by atomic mass is 32.1. The average molecular weight is 303 g/mol. The molecular formula is C16H14FNO2S. The van der Waals surface area contributed by atoms with E-state index in [0.717, 1.165) is 4.88 Å². The second kappa shape index (κ2) is 7.58. The van der Waals surface area contributed by atoms with Crippen LogP contribution < -0.4 is 5.32 Å². The molecule has 1 aromatic heterocycles. The van der Waals surface area contributed by atoms with Gasteiger partial charge >= 0.3 is 0 Å². The Morgan fingerprint density at radius 2 is 2.24 bits per heavy atom. The van der Waals surface area contributed by atoms with E-state index >= 15 is 0 Å². The molecule has 0 aliphatic heterocycles. The molecule has 0 fully saturated rings. The molecule has 1 heterocycles. The average Bonchev–Trinajstić information content (AvgIpc) is 3.00. The van der Waals surface area contributed by atoms with E-state index in [1.807, 2.05) is 17.5 Å². The standard InChI is InChI=1S/C16H14FNO2S/c17-15-10-13(7-6-12(15)4-1-2-8-19)16(20)18-11-14-5-3-9-21-14/h3,5-7,9-10,19H,2,8,11H2,(H,18,20). The van der Waals surface area contributed by atoms with Gasteiger partial charge in [0.2, 0.25) is 0 Å². The topological polar surface area (TPSA) is 49.3 Å². The first kappa shape index (κ1) is 15.2. The molecule has 0 saturated carbocycles. The third-order valence-corrected chi connectivity index (χ3v) is 3.57. The molecule has 1 amide bonds. The van der Waals surface area contributed by atoms with E-state index in [2.05, 4.69) is 17.2 Å². The maximum absolute atomic E-state index is 13.8. The first-order valence-electron chi connectivity index (χ1n) is 6.40. The van der Waals surface area contributed by atoms with Gasteiger partial charge < -0.3 is 10.4 Å². The van der Waals surface area contributed by atoms with Gasteiger partial charge in [0.05, 0.1) is 18.7 Å². The Hall–Kier alpha value is -2.16. The number of carbonyl (C=O) groups is 1. The number of halogens is 1. The third kappa shape index (κ3) is 4.42. The Balaban J connectivity index is 2.02. The van der Waals surface area contributed by atoms with Crippen LogP contribution in [-0.2, 0) is 6.54 Å². The summed E-state index contributed by atoms with van der Waals surface area (Å²) in [4.78, 5) is 13.0. The normalized spacial score (nSPS) is 9.81. The fraction of sp³-hybridized carbons (Fsp3) is 0.188. The van der Waals surface area contributed by atoms with Crippen LogP contribution in [0.1, 0.15) is 27.2 Å². The van der Waals surface area contributed by atoms with Crippen LogP contribution in [0.4, 0.5) is 4.39 Å². The Morgan fingerprint density at radius 1 is 1.38 bits per heavy atom. The molecule has 0 atom stereocenters. The number of amides is 1. The smallest absolute Gasteiger partial charge is 0.251 e. The van der Waals surface area contributed by atoms with Crippen LogP contribution in [0.2, 0.25) is 0 Å². The molecule has 0 saturated heterocycles. The lowest BCUT2D eigenvalue weighted by Gasteiger charge is -2.04. The van der Waals surface area contributed by atoms with E-state index in [1.54, 1.807) is 11.3 Å². The van der Waals surface area contributed by atoms with Crippen molar-refractivity contribution in [3.63, 3.8) is 0 Å². The largest absolute Gasteiger partial charge is 0.395 e. The maximum Gasteiger partial charge on any atom is 0.251 e. The summed E-state index contributed by atoms with van der Waals surface area (Å²) in [5.74, 6) is 4.40. The molecule has 0 aliphatic carbocycles. The molecule has 2 aromatic rings. The van der Waals surface area contributed by atoms with Crippen LogP contribution in [0, 0.1) is 17.7 Å². The highest BCUT2D eigenvalue weighted by molar-refractivity contribution is 7.09. The van der Waals surface area contributed by atoms with Crippen molar-refractivity contribution in [3.8, 4) is 11.8 Å². The predicted octanol–water partition coefficient (Wildman–Crippen LogP) is 2.55. The van der Waals surface area contributed by atoms with Gasteiger partial charge in [-0.25, -0.2) is 4.39 Å². The zero-order valence-electron chi connectivity index (χ0n) is 11.2. The van der Waals surface area contributed by atoms with Gasteiger partial charge in [-0.15, -0.1) is 11.3 Å². The molecule has 0 unspecified atom stereocenters.